The minimum absolute atomic E-state index is 0.00293. The number of thiazole rings is 1. The second kappa shape index (κ2) is 10.3. The van der Waals surface area contributed by atoms with E-state index >= 15 is 0 Å². The second-order valence-corrected chi connectivity index (χ2v) is 8.71. The summed E-state index contributed by atoms with van der Waals surface area (Å²) in [5.41, 5.74) is 3.87. The molecule has 1 aromatic carbocycles. The number of carbonyl (C=O) groups excluding carboxylic acids is 1. The van der Waals surface area contributed by atoms with Crippen LogP contribution < -0.4 is 5.32 Å². The van der Waals surface area contributed by atoms with Gasteiger partial charge in [-0.1, -0.05) is 19.9 Å². The van der Waals surface area contributed by atoms with E-state index in [0.29, 0.717) is 12.1 Å². The molecule has 0 aliphatic heterocycles. The molecule has 3 N–H and O–H groups in total. The topological polar surface area (TPSA) is 116 Å². The van der Waals surface area contributed by atoms with Crippen molar-refractivity contribution >= 4 is 33.6 Å². The molecule has 31 heavy (non-hydrogen) atoms. The van der Waals surface area contributed by atoms with Crippen LogP contribution in [0.5, 0.6) is 0 Å². The molecule has 1 unspecified atom stereocenters. The van der Waals surface area contributed by atoms with Crippen LogP contribution in [0.15, 0.2) is 48.2 Å². The van der Waals surface area contributed by atoms with Gasteiger partial charge in [-0.15, -0.1) is 11.3 Å². The lowest BCUT2D eigenvalue weighted by atomic mass is 10.0. The maximum absolute atomic E-state index is 13.2. The molecule has 2 amide bonds. The van der Waals surface area contributed by atoms with Gasteiger partial charge in [0.25, 0.3) is 5.91 Å². The second-order valence-electron chi connectivity index (χ2n) is 7.83. The van der Waals surface area contributed by atoms with E-state index in [9.17, 15) is 19.8 Å². The van der Waals surface area contributed by atoms with Crippen molar-refractivity contribution in [1.82, 2.24) is 20.2 Å². The van der Waals surface area contributed by atoms with E-state index in [1.54, 1.807) is 47.1 Å². The molecule has 0 aliphatic rings. The number of pyridine rings is 1. The Morgan fingerprint density at radius 3 is 2.71 bits per heavy atom. The molecule has 0 aliphatic carbocycles. The summed E-state index contributed by atoms with van der Waals surface area (Å²) in [6.07, 6.45) is 1.20. The Morgan fingerprint density at radius 2 is 2.03 bits per heavy atom. The van der Waals surface area contributed by atoms with Crippen molar-refractivity contribution in [1.29, 1.82) is 0 Å². The van der Waals surface area contributed by atoms with Crippen LogP contribution in [-0.2, 0) is 6.42 Å². The van der Waals surface area contributed by atoms with E-state index in [1.165, 1.54) is 11.3 Å². The molecule has 0 saturated carbocycles. The van der Waals surface area contributed by atoms with Crippen LogP contribution in [0.3, 0.4) is 0 Å². The maximum Gasteiger partial charge on any atom is 0.404 e. The van der Waals surface area contributed by atoms with Gasteiger partial charge in [-0.3, -0.25) is 9.78 Å². The van der Waals surface area contributed by atoms with Gasteiger partial charge in [0.2, 0.25) is 0 Å². The van der Waals surface area contributed by atoms with Crippen molar-refractivity contribution in [2.45, 2.75) is 32.4 Å². The monoisotopic (exact) mass is 442 g/mol. The molecule has 0 fully saturated rings. The lowest BCUT2D eigenvalue weighted by molar-refractivity contribution is 0.0509. The number of carboxylic acid groups (broad SMARTS) is 1. The van der Waals surface area contributed by atoms with Crippen molar-refractivity contribution < 1.29 is 19.8 Å². The van der Waals surface area contributed by atoms with Crippen molar-refractivity contribution in [2.75, 3.05) is 13.1 Å². The summed E-state index contributed by atoms with van der Waals surface area (Å²) in [4.78, 5) is 34.4. The first-order chi connectivity index (χ1) is 14.8. The van der Waals surface area contributed by atoms with E-state index in [2.05, 4.69) is 15.3 Å². The van der Waals surface area contributed by atoms with Gasteiger partial charge < -0.3 is 20.4 Å². The fourth-order valence-corrected chi connectivity index (χ4v) is 4.14. The number of amides is 2. The van der Waals surface area contributed by atoms with Gasteiger partial charge in [0.15, 0.2) is 0 Å². The summed E-state index contributed by atoms with van der Waals surface area (Å²) in [6, 6.07) is 8.12. The first-order valence-corrected chi connectivity index (χ1v) is 10.9. The standard InChI is InChI=1S/C22H26N4O4S/c1-14(2)11-26(21(28)16-5-6-17-20(9-16)31-13-24-17)12-19(27)18(25-22(29)30)8-15-4-3-7-23-10-15/h3-7,9-10,13-14,18-19,25,27H,8,11-12H2,1-2H3,(H,29,30)/t18?,19-/m1/s1. The molecule has 2 atom stereocenters. The van der Waals surface area contributed by atoms with Crippen LogP contribution in [0.1, 0.15) is 29.8 Å². The van der Waals surface area contributed by atoms with E-state index in [4.69, 9.17) is 0 Å². The number of hydrogen-bond donors (Lipinski definition) is 3. The summed E-state index contributed by atoms with van der Waals surface area (Å²) in [5, 5.41) is 22.5. The van der Waals surface area contributed by atoms with E-state index in [-0.39, 0.29) is 24.8 Å². The molecular weight excluding hydrogens is 416 g/mol. The van der Waals surface area contributed by atoms with Crippen LogP contribution >= 0.6 is 11.3 Å². The number of aromatic nitrogens is 2. The molecular formula is C22H26N4O4S. The van der Waals surface area contributed by atoms with E-state index in [1.807, 2.05) is 19.9 Å². The Labute approximate surface area is 184 Å². The molecule has 0 saturated heterocycles. The highest BCUT2D eigenvalue weighted by molar-refractivity contribution is 7.16. The highest BCUT2D eigenvalue weighted by atomic mass is 32.1. The normalized spacial score (nSPS) is 13.2. The molecule has 0 radical (unpaired) electrons. The predicted molar refractivity (Wildman–Crippen MR) is 119 cm³/mol. The van der Waals surface area contributed by atoms with Crippen LogP contribution in [-0.4, -0.2) is 62.3 Å². The Morgan fingerprint density at radius 1 is 1.23 bits per heavy atom. The minimum Gasteiger partial charge on any atom is -0.465 e. The first kappa shape index (κ1) is 22.6. The molecule has 0 spiro atoms. The lowest BCUT2D eigenvalue weighted by Crippen LogP contribution is -2.50. The van der Waals surface area contributed by atoms with E-state index in [0.717, 1.165) is 15.8 Å². The zero-order valence-corrected chi connectivity index (χ0v) is 18.2. The van der Waals surface area contributed by atoms with Crippen LogP contribution in [0.25, 0.3) is 10.2 Å². The maximum atomic E-state index is 13.2. The first-order valence-electron chi connectivity index (χ1n) is 10.0. The van der Waals surface area contributed by atoms with Gasteiger partial charge in [0.1, 0.15) is 0 Å². The fraction of sp³-hybridized carbons (Fsp3) is 0.364. The molecule has 2 heterocycles. The van der Waals surface area contributed by atoms with Gasteiger partial charge in [0.05, 0.1) is 27.9 Å². The highest BCUT2D eigenvalue weighted by Gasteiger charge is 2.27. The molecule has 3 rings (SSSR count). The molecule has 3 aromatic rings. The average Bonchev–Trinajstić information content (AvgIpc) is 3.20. The number of aliphatic hydroxyl groups is 1. The van der Waals surface area contributed by atoms with Gasteiger partial charge in [-0.05, 0) is 42.2 Å². The van der Waals surface area contributed by atoms with Crippen molar-refractivity contribution in [3.63, 3.8) is 0 Å². The average molecular weight is 443 g/mol. The van der Waals surface area contributed by atoms with Gasteiger partial charge in [-0.2, -0.15) is 0 Å². The third kappa shape index (κ3) is 6.22. The largest absolute Gasteiger partial charge is 0.465 e. The summed E-state index contributed by atoms with van der Waals surface area (Å²) >= 11 is 1.46. The number of carbonyl (C=O) groups is 2. The lowest BCUT2D eigenvalue weighted by Gasteiger charge is -2.31. The van der Waals surface area contributed by atoms with Crippen LogP contribution in [0.4, 0.5) is 4.79 Å². The summed E-state index contributed by atoms with van der Waals surface area (Å²) in [7, 11) is 0. The zero-order chi connectivity index (χ0) is 22.4. The number of hydrogen-bond acceptors (Lipinski definition) is 6. The van der Waals surface area contributed by atoms with Crippen molar-refractivity contribution in [2.24, 2.45) is 5.92 Å². The molecule has 8 nitrogen and oxygen atoms in total. The molecule has 164 valence electrons. The van der Waals surface area contributed by atoms with Gasteiger partial charge >= 0.3 is 6.09 Å². The van der Waals surface area contributed by atoms with Crippen molar-refractivity contribution in [3.8, 4) is 0 Å². The van der Waals surface area contributed by atoms with Crippen molar-refractivity contribution in [3.05, 3.63) is 59.4 Å². The Balaban J connectivity index is 1.79. The summed E-state index contributed by atoms with van der Waals surface area (Å²) in [5.74, 6) is -0.0361. The van der Waals surface area contributed by atoms with Gasteiger partial charge in [0, 0.05) is 31.0 Å². The summed E-state index contributed by atoms with van der Waals surface area (Å²) < 4.78 is 0.915. The number of nitrogens with one attached hydrogen (secondary N) is 1. The quantitative estimate of drug-likeness (QED) is 0.469. The Kier molecular flexibility index (Phi) is 7.54. The SMILES string of the molecule is CC(C)CN(C[C@@H](O)C(Cc1cccnc1)NC(=O)O)C(=O)c1ccc2ncsc2c1. The van der Waals surface area contributed by atoms with Crippen LogP contribution in [0, 0.1) is 5.92 Å². The van der Waals surface area contributed by atoms with Crippen LogP contribution in [0.2, 0.25) is 0 Å². The number of benzene rings is 1. The fourth-order valence-electron chi connectivity index (χ4n) is 3.42. The van der Waals surface area contributed by atoms with E-state index < -0.39 is 18.2 Å². The third-order valence-corrected chi connectivity index (χ3v) is 5.60. The molecule has 9 heteroatoms. The van der Waals surface area contributed by atoms with Gasteiger partial charge in [-0.25, -0.2) is 9.78 Å². The third-order valence-electron chi connectivity index (χ3n) is 4.81. The summed E-state index contributed by atoms with van der Waals surface area (Å²) in [6.45, 7) is 4.41. The predicted octanol–water partition coefficient (Wildman–Crippen LogP) is 3.03. The highest BCUT2D eigenvalue weighted by Crippen LogP contribution is 2.21. The number of fused-ring (bicyclic) bond motifs is 1. The Bertz CT molecular complexity index is 1020. The smallest absolute Gasteiger partial charge is 0.404 e. The minimum atomic E-state index is -1.23. The zero-order valence-electron chi connectivity index (χ0n) is 17.4. The number of rotatable bonds is 9. The number of aliphatic hydroxyl groups excluding tert-OH is 1. The number of nitrogens with zero attached hydrogens (tertiary/aromatic N) is 3. The Hall–Kier alpha value is -3.04. The molecule has 2 aromatic heterocycles. The molecule has 0 bridgehead atoms.